The summed E-state index contributed by atoms with van der Waals surface area (Å²) in [5.41, 5.74) is 4.56. The summed E-state index contributed by atoms with van der Waals surface area (Å²) < 4.78 is 0. The molecule has 4 rings (SSSR count). The zero-order valence-electron chi connectivity index (χ0n) is 20.2. The minimum absolute atomic E-state index is 0.0131. The molecule has 0 radical (unpaired) electrons. The maximum absolute atomic E-state index is 13.2. The van der Waals surface area contributed by atoms with Gasteiger partial charge in [0.15, 0.2) is 5.82 Å². The highest BCUT2D eigenvalue weighted by molar-refractivity contribution is 5.95. The zero-order chi connectivity index (χ0) is 25.3. The minimum atomic E-state index is -1.02. The van der Waals surface area contributed by atoms with Gasteiger partial charge in [-0.05, 0) is 51.7 Å². The molecule has 2 N–H and O–H groups in total. The van der Waals surface area contributed by atoms with Crippen molar-refractivity contribution in [1.82, 2.24) is 20.6 Å². The number of amides is 1. The normalized spacial score (nSPS) is 10.8. The van der Waals surface area contributed by atoms with Gasteiger partial charge in [-0.25, -0.2) is 9.89 Å². The highest BCUT2D eigenvalue weighted by Crippen LogP contribution is 2.30. The second-order valence-corrected chi connectivity index (χ2v) is 8.64. The molecule has 0 aliphatic rings. The Morgan fingerprint density at radius 2 is 1.69 bits per heavy atom. The van der Waals surface area contributed by atoms with Gasteiger partial charge < -0.3 is 10.0 Å². The number of carboxylic acids is 1. The second kappa shape index (κ2) is 11.9. The van der Waals surface area contributed by atoms with Crippen molar-refractivity contribution in [3.05, 3.63) is 83.9 Å². The van der Waals surface area contributed by atoms with E-state index in [-0.39, 0.29) is 11.5 Å². The molecule has 0 atom stereocenters. The summed E-state index contributed by atoms with van der Waals surface area (Å²) in [6.45, 7) is 2.49. The maximum Gasteiger partial charge on any atom is 0.335 e. The van der Waals surface area contributed by atoms with Crippen molar-refractivity contribution in [3.63, 3.8) is 0 Å². The van der Waals surface area contributed by atoms with Crippen molar-refractivity contribution in [2.24, 2.45) is 0 Å². The minimum Gasteiger partial charge on any atom is -0.478 e. The highest BCUT2D eigenvalue weighted by atomic mass is 16.4. The predicted molar refractivity (Wildman–Crippen MR) is 138 cm³/mol. The van der Waals surface area contributed by atoms with Gasteiger partial charge in [-0.3, -0.25) is 4.79 Å². The van der Waals surface area contributed by atoms with Crippen LogP contribution in [-0.2, 0) is 11.3 Å². The van der Waals surface area contributed by atoms with E-state index in [1.54, 1.807) is 23.1 Å². The Morgan fingerprint density at radius 1 is 0.917 bits per heavy atom. The zero-order valence-corrected chi connectivity index (χ0v) is 20.2. The van der Waals surface area contributed by atoms with Crippen LogP contribution in [0.1, 0.15) is 54.9 Å². The quantitative estimate of drug-likeness (QED) is 0.263. The van der Waals surface area contributed by atoms with Crippen LogP contribution in [0.3, 0.4) is 0 Å². The van der Waals surface area contributed by atoms with Gasteiger partial charge >= 0.3 is 5.97 Å². The van der Waals surface area contributed by atoms with Crippen molar-refractivity contribution in [2.75, 3.05) is 4.90 Å². The number of carbonyl (C=O) groups is 2. The number of aromatic nitrogens is 4. The molecule has 4 aromatic rings. The molecule has 3 aromatic carbocycles. The van der Waals surface area contributed by atoms with Crippen LogP contribution in [0.4, 0.5) is 5.69 Å². The lowest BCUT2D eigenvalue weighted by molar-refractivity contribution is -0.118. The fourth-order valence-electron chi connectivity index (χ4n) is 4.16. The molecule has 0 bridgehead atoms. The van der Waals surface area contributed by atoms with Gasteiger partial charge in [-0.15, -0.1) is 5.10 Å². The molecule has 0 unspecified atom stereocenters. The molecule has 0 saturated heterocycles. The number of anilines is 1. The number of aromatic amines is 1. The first-order chi connectivity index (χ1) is 17.6. The molecule has 0 aliphatic heterocycles. The first-order valence-electron chi connectivity index (χ1n) is 12.1. The summed E-state index contributed by atoms with van der Waals surface area (Å²) in [7, 11) is 0. The third-order valence-electron chi connectivity index (χ3n) is 6.08. The summed E-state index contributed by atoms with van der Waals surface area (Å²) in [6.07, 6.45) is 4.43. The highest BCUT2D eigenvalue weighted by Gasteiger charge is 2.18. The van der Waals surface area contributed by atoms with Crippen LogP contribution in [-0.4, -0.2) is 37.6 Å². The number of hydrogen-bond acceptors (Lipinski definition) is 5. The Morgan fingerprint density at radius 3 is 2.39 bits per heavy atom. The summed E-state index contributed by atoms with van der Waals surface area (Å²) in [5, 5.41) is 23.6. The molecule has 8 heteroatoms. The summed E-state index contributed by atoms with van der Waals surface area (Å²) in [6, 6.07) is 22.4. The van der Waals surface area contributed by atoms with Gasteiger partial charge in [-0.1, -0.05) is 80.8 Å². The number of benzene rings is 3. The molecule has 0 spiro atoms. The topological polar surface area (TPSA) is 112 Å². The summed E-state index contributed by atoms with van der Waals surface area (Å²) in [4.78, 5) is 26.4. The first-order valence-corrected chi connectivity index (χ1v) is 12.1. The Balaban J connectivity index is 1.58. The van der Waals surface area contributed by atoms with Gasteiger partial charge in [0, 0.05) is 17.7 Å². The SMILES string of the molecule is CCCCCCC(=O)N(Cc1ccc(-c2ccccc2-c2nnn[nH]2)cc1)c1cccc(C(=O)O)c1. The van der Waals surface area contributed by atoms with Crippen molar-refractivity contribution in [2.45, 2.75) is 45.6 Å². The number of carbonyl (C=O) groups excluding carboxylic acids is 1. The van der Waals surface area contributed by atoms with E-state index in [0.29, 0.717) is 24.5 Å². The van der Waals surface area contributed by atoms with E-state index in [1.807, 2.05) is 48.5 Å². The van der Waals surface area contributed by atoms with Gasteiger partial charge in [0.05, 0.1) is 12.1 Å². The second-order valence-electron chi connectivity index (χ2n) is 8.64. The number of unbranched alkanes of at least 4 members (excludes halogenated alkanes) is 3. The van der Waals surface area contributed by atoms with Crippen LogP contribution in [0, 0.1) is 0 Å². The number of tetrazole rings is 1. The molecule has 8 nitrogen and oxygen atoms in total. The Kier molecular flexibility index (Phi) is 8.18. The van der Waals surface area contributed by atoms with Crippen LogP contribution in [0.2, 0.25) is 0 Å². The van der Waals surface area contributed by atoms with Gasteiger partial charge in [-0.2, -0.15) is 0 Å². The van der Waals surface area contributed by atoms with Crippen molar-refractivity contribution < 1.29 is 14.7 Å². The van der Waals surface area contributed by atoms with Gasteiger partial charge in [0.2, 0.25) is 5.91 Å². The molecular weight excluding hydrogens is 454 g/mol. The van der Waals surface area contributed by atoms with E-state index in [0.717, 1.165) is 47.9 Å². The largest absolute Gasteiger partial charge is 0.478 e. The smallest absolute Gasteiger partial charge is 0.335 e. The third kappa shape index (κ3) is 6.02. The molecule has 1 amide bonds. The van der Waals surface area contributed by atoms with E-state index in [2.05, 4.69) is 27.5 Å². The average molecular weight is 484 g/mol. The fourth-order valence-corrected chi connectivity index (χ4v) is 4.16. The molecule has 1 aromatic heterocycles. The van der Waals surface area contributed by atoms with Crippen molar-refractivity contribution in [1.29, 1.82) is 0 Å². The number of carboxylic acid groups (broad SMARTS) is 1. The number of hydrogen-bond donors (Lipinski definition) is 2. The predicted octanol–water partition coefficient (Wildman–Crippen LogP) is 5.74. The fraction of sp³-hybridized carbons (Fsp3) is 0.250. The van der Waals surface area contributed by atoms with E-state index < -0.39 is 5.97 Å². The van der Waals surface area contributed by atoms with Gasteiger partial charge in [0.1, 0.15) is 0 Å². The molecule has 36 heavy (non-hydrogen) atoms. The standard InChI is InChI=1S/C28H29N5O3/c1-2-3-4-5-13-26(34)33(23-10-8-9-22(18-23)28(35)36)19-20-14-16-21(17-15-20)24-11-6-7-12-25(24)27-29-31-32-30-27/h6-12,14-18H,2-5,13,19H2,1H3,(H,35,36)(H,29,30,31,32). The maximum atomic E-state index is 13.2. The van der Waals surface area contributed by atoms with E-state index in [4.69, 9.17) is 0 Å². The van der Waals surface area contributed by atoms with Gasteiger partial charge in [0.25, 0.3) is 0 Å². The number of nitrogens with zero attached hydrogens (tertiary/aromatic N) is 4. The monoisotopic (exact) mass is 483 g/mol. The Labute approximate surface area is 210 Å². The van der Waals surface area contributed by atoms with E-state index in [1.165, 1.54) is 6.07 Å². The summed E-state index contributed by atoms with van der Waals surface area (Å²) >= 11 is 0. The molecular formula is C28H29N5O3. The lowest BCUT2D eigenvalue weighted by Crippen LogP contribution is -2.30. The van der Waals surface area contributed by atoms with Crippen LogP contribution in [0.25, 0.3) is 22.5 Å². The van der Waals surface area contributed by atoms with Crippen molar-refractivity contribution >= 4 is 17.6 Å². The molecule has 184 valence electrons. The number of H-pyrrole nitrogens is 1. The lowest BCUT2D eigenvalue weighted by atomic mass is 9.98. The Bertz CT molecular complexity index is 1300. The molecule has 1 heterocycles. The average Bonchev–Trinajstić information content (AvgIpc) is 3.45. The van der Waals surface area contributed by atoms with Crippen LogP contribution >= 0.6 is 0 Å². The molecule has 0 saturated carbocycles. The molecule has 0 aliphatic carbocycles. The number of rotatable bonds is 11. The Hall–Kier alpha value is -4.33. The number of nitrogens with one attached hydrogen (secondary N) is 1. The third-order valence-corrected chi connectivity index (χ3v) is 6.08. The van der Waals surface area contributed by atoms with Crippen molar-refractivity contribution in [3.8, 4) is 22.5 Å². The van der Waals surface area contributed by atoms with E-state index >= 15 is 0 Å². The number of aromatic carboxylic acids is 1. The van der Waals surface area contributed by atoms with Crippen LogP contribution in [0.5, 0.6) is 0 Å². The van der Waals surface area contributed by atoms with Crippen LogP contribution < -0.4 is 4.90 Å². The first kappa shape index (κ1) is 24.8. The van der Waals surface area contributed by atoms with E-state index in [9.17, 15) is 14.7 Å². The lowest BCUT2D eigenvalue weighted by Gasteiger charge is -2.24. The molecule has 0 fully saturated rings. The summed E-state index contributed by atoms with van der Waals surface area (Å²) in [5.74, 6) is -0.439. The van der Waals surface area contributed by atoms with Crippen LogP contribution in [0.15, 0.2) is 72.8 Å².